The molecule has 7 heteroatoms. The number of likely N-dealkylation sites (tertiary alicyclic amines) is 1. The van der Waals surface area contributed by atoms with Crippen LogP contribution in [0.2, 0.25) is 0 Å². The van der Waals surface area contributed by atoms with Gasteiger partial charge in [0.1, 0.15) is 11.5 Å². The summed E-state index contributed by atoms with van der Waals surface area (Å²) >= 11 is 0. The average Bonchev–Trinajstić information content (AvgIpc) is 3.29. The summed E-state index contributed by atoms with van der Waals surface area (Å²) in [5, 5.41) is 5.88. The summed E-state index contributed by atoms with van der Waals surface area (Å²) in [4.78, 5) is 27.4. The molecular formula is C26H33N3O4. The standard InChI is InChI=1S/C26H33N3O4/c1-17-14-23-20(15-25(30)29(23)13-12-18-8-10-19(32-2)11-9-18)21(17)16-27-26(31)28-22-6-4-5-7-24(22)33-3/h4-11,17,20-21,23H,12-16H2,1-3H3,(H2,27,28,31)/t17-,20-,21+,23+/m0/s1. The Morgan fingerprint density at radius 1 is 1.09 bits per heavy atom. The molecule has 2 aliphatic rings. The Bertz CT molecular complexity index is 978. The molecule has 33 heavy (non-hydrogen) atoms. The van der Waals surface area contributed by atoms with E-state index in [0.29, 0.717) is 30.3 Å². The molecule has 2 aromatic carbocycles. The van der Waals surface area contributed by atoms with Gasteiger partial charge in [0, 0.05) is 25.6 Å². The first kappa shape index (κ1) is 23.0. The number of carbonyl (C=O) groups is 2. The topological polar surface area (TPSA) is 79.9 Å². The number of carbonyl (C=O) groups excluding carboxylic acids is 2. The van der Waals surface area contributed by atoms with Crippen molar-refractivity contribution in [2.45, 2.75) is 32.2 Å². The van der Waals surface area contributed by atoms with E-state index in [0.717, 1.165) is 25.1 Å². The summed E-state index contributed by atoms with van der Waals surface area (Å²) in [6.07, 6.45) is 2.38. The molecule has 3 amide bonds. The van der Waals surface area contributed by atoms with Crippen LogP contribution in [0.3, 0.4) is 0 Å². The van der Waals surface area contributed by atoms with Crippen LogP contribution < -0.4 is 20.1 Å². The van der Waals surface area contributed by atoms with Gasteiger partial charge in [0.2, 0.25) is 5.91 Å². The van der Waals surface area contributed by atoms with Gasteiger partial charge < -0.3 is 25.0 Å². The normalized spacial score (nSPS) is 23.8. The maximum Gasteiger partial charge on any atom is 0.319 e. The quantitative estimate of drug-likeness (QED) is 0.637. The van der Waals surface area contributed by atoms with E-state index in [1.54, 1.807) is 14.2 Å². The first-order chi connectivity index (χ1) is 16.0. The largest absolute Gasteiger partial charge is 0.497 e. The van der Waals surface area contributed by atoms with Crippen LogP contribution in [0.1, 0.15) is 25.3 Å². The molecule has 2 fully saturated rings. The van der Waals surface area contributed by atoms with Gasteiger partial charge in [-0.05, 0) is 60.4 Å². The van der Waals surface area contributed by atoms with Crippen molar-refractivity contribution in [1.29, 1.82) is 0 Å². The Balaban J connectivity index is 1.32. The van der Waals surface area contributed by atoms with Gasteiger partial charge in [0.05, 0.1) is 19.9 Å². The van der Waals surface area contributed by atoms with Crippen LogP contribution in [0.4, 0.5) is 10.5 Å². The third-order valence-corrected chi connectivity index (χ3v) is 7.17. The second kappa shape index (κ2) is 10.1. The number of benzene rings is 2. The molecule has 0 spiro atoms. The molecule has 2 aromatic rings. The fourth-order valence-electron chi connectivity index (χ4n) is 5.40. The van der Waals surface area contributed by atoms with Crippen LogP contribution >= 0.6 is 0 Å². The van der Waals surface area contributed by atoms with Crippen molar-refractivity contribution >= 4 is 17.6 Å². The van der Waals surface area contributed by atoms with E-state index < -0.39 is 0 Å². The monoisotopic (exact) mass is 451 g/mol. The molecule has 1 saturated carbocycles. The molecule has 0 bridgehead atoms. The fraction of sp³-hybridized carbons (Fsp3) is 0.462. The number of methoxy groups -OCH3 is 2. The van der Waals surface area contributed by atoms with Crippen molar-refractivity contribution in [1.82, 2.24) is 10.2 Å². The fourth-order valence-corrected chi connectivity index (χ4v) is 5.40. The molecule has 0 aromatic heterocycles. The summed E-state index contributed by atoms with van der Waals surface area (Å²) in [6, 6.07) is 15.4. The lowest BCUT2D eigenvalue weighted by atomic mass is 9.88. The van der Waals surface area contributed by atoms with Crippen molar-refractivity contribution in [3.63, 3.8) is 0 Å². The van der Waals surface area contributed by atoms with Crippen LogP contribution in [0, 0.1) is 17.8 Å². The molecule has 0 unspecified atom stereocenters. The molecule has 1 aliphatic carbocycles. The Morgan fingerprint density at radius 3 is 2.58 bits per heavy atom. The predicted octanol–water partition coefficient (Wildman–Crippen LogP) is 3.94. The zero-order valence-electron chi connectivity index (χ0n) is 19.5. The van der Waals surface area contributed by atoms with E-state index in [1.807, 2.05) is 36.4 Å². The molecule has 1 saturated heterocycles. The zero-order valence-corrected chi connectivity index (χ0v) is 19.5. The van der Waals surface area contributed by atoms with E-state index >= 15 is 0 Å². The van der Waals surface area contributed by atoms with Gasteiger partial charge in [-0.15, -0.1) is 0 Å². The van der Waals surface area contributed by atoms with Gasteiger partial charge in [-0.2, -0.15) is 0 Å². The minimum Gasteiger partial charge on any atom is -0.497 e. The number of ether oxygens (including phenoxy) is 2. The van der Waals surface area contributed by atoms with Gasteiger partial charge in [0.15, 0.2) is 0 Å². The smallest absolute Gasteiger partial charge is 0.319 e. The average molecular weight is 452 g/mol. The van der Waals surface area contributed by atoms with E-state index in [1.165, 1.54) is 5.56 Å². The summed E-state index contributed by atoms with van der Waals surface area (Å²) in [5.74, 6) is 2.71. The van der Waals surface area contributed by atoms with E-state index in [4.69, 9.17) is 9.47 Å². The third kappa shape index (κ3) is 5.07. The summed E-state index contributed by atoms with van der Waals surface area (Å²) < 4.78 is 10.5. The molecule has 4 atom stereocenters. The number of urea groups is 1. The Labute approximate surface area is 195 Å². The minimum atomic E-state index is -0.254. The Morgan fingerprint density at radius 2 is 1.85 bits per heavy atom. The van der Waals surface area contributed by atoms with Gasteiger partial charge in [-0.1, -0.05) is 31.2 Å². The van der Waals surface area contributed by atoms with Gasteiger partial charge >= 0.3 is 6.03 Å². The molecule has 7 nitrogen and oxygen atoms in total. The maximum absolute atomic E-state index is 12.8. The summed E-state index contributed by atoms with van der Waals surface area (Å²) in [7, 11) is 3.24. The molecule has 2 N–H and O–H groups in total. The van der Waals surface area contributed by atoms with Crippen LogP contribution in [0.25, 0.3) is 0 Å². The second-order valence-electron chi connectivity index (χ2n) is 9.03. The highest BCUT2D eigenvalue weighted by Gasteiger charge is 2.50. The van der Waals surface area contributed by atoms with Gasteiger partial charge in [-0.3, -0.25) is 4.79 Å². The first-order valence-electron chi connectivity index (χ1n) is 11.6. The number of hydrogen-bond donors (Lipinski definition) is 2. The van der Waals surface area contributed by atoms with Crippen molar-refractivity contribution in [3.05, 3.63) is 54.1 Å². The molecular weight excluding hydrogens is 418 g/mol. The number of anilines is 1. The molecule has 1 aliphatic heterocycles. The lowest BCUT2D eigenvalue weighted by Gasteiger charge is -2.24. The predicted molar refractivity (Wildman–Crippen MR) is 128 cm³/mol. The third-order valence-electron chi connectivity index (χ3n) is 7.17. The lowest BCUT2D eigenvalue weighted by Crippen LogP contribution is -2.37. The first-order valence-corrected chi connectivity index (χ1v) is 11.6. The van der Waals surface area contributed by atoms with Crippen LogP contribution in [-0.4, -0.2) is 50.2 Å². The summed E-state index contributed by atoms with van der Waals surface area (Å²) in [5.41, 5.74) is 1.83. The van der Waals surface area contributed by atoms with Gasteiger partial charge in [-0.25, -0.2) is 4.79 Å². The van der Waals surface area contributed by atoms with Crippen molar-refractivity contribution in [2.75, 3.05) is 32.6 Å². The zero-order chi connectivity index (χ0) is 23.4. The van der Waals surface area contributed by atoms with E-state index in [-0.39, 0.29) is 29.8 Å². The van der Waals surface area contributed by atoms with Crippen LogP contribution in [0.5, 0.6) is 11.5 Å². The van der Waals surface area contributed by atoms with Crippen molar-refractivity contribution < 1.29 is 19.1 Å². The number of nitrogens with one attached hydrogen (secondary N) is 2. The van der Waals surface area contributed by atoms with Crippen molar-refractivity contribution in [2.24, 2.45) is 17.8 Å². The second-order valence-corrected chi connectivity index (χ2v) is 9.03. The highest BCUT2D eigenvalue weighted by molar-refractivity contribution is 5.90. The lowest BCUT2D eigenvalue weighted by molar-refractivity contribution is -0.129. The maximum atomic E-state index is 12.8. The van der Waals surface area contributed by atoms with Crippen LogP contribution in [-0.2, 0) is 11.2 Å². The number of fused-ring (bicyclic) bond motifs is 1. The number of hydrogen-bond acceptors (Lipinski definition) is 4. The summed E-state index contributed by atoms with van der Waals surface area (Å²) in [6.45, 7) is 3.52. The Hall–Kier alpha value is -3.22. The number of amides is 3. The molecule has 1 heterocycles. The van der Waals surface area contributed by atoms with E-state index in [9.17, 15) is 9.59 Å². The molecule has 176 valence electrons. The molecule has 0 radical (unpaired) electrons. The van der Waals surface area contributed by atoms with Crippen LogP contribution in [0.15, 0.2) is 48.5 Å². The minimum absolute atomic E-state index is 0.230. The number of para-hydroxylation sites is 2. The number of nitrogens with zero attached hydrogens (tertiary/aromatic N) is 1. The van der Waals surface area contributed by atoms with Crippen molar-refractivity contribution in [3.8, 4) is 11.5 Å². The SMILES string of the molecule is COc1ccc(CCN2C(=O)C[C@H]3[C@H](CNC(=O)Nc4ccccc4OC)[C@@H](C)C[C@H]32)cc1. The molecule has 4 rings (SSSR count). The van der Waals surface area contributed by atoms with Gasteiger partial charge in [0.25, 0.3) is 0 Å². The number of rotatable bonds is 8. The highest BCUT2D eigenvalue weighted by Crippen LogP contribution is 2.45. The highest BCUT2D eigenvalue weighted by atomic mass is 16.5. The Kier molecular flexibility index (Phi) is 7.06. The van der Waals surface area contributed by atoms with E-state index in [2.05, 4.69) is 34.6 Å².